The van der Waals surface area contributed by atoms with E-state index in [-0.39, 0.29) is 0 Å². The molecule has 1 heteroatoms. The quantitative estimate of drug-likeness (QED) is 0.479. The van der Waals surface area contributed by atoms with Crippen LogP contribution >= 0.6 is 15.9 Å². The molecule has 0 unspecified atom stereocenters. The van der Waals surface area contributed by atoms with Crippen LogP contribution in [0, 0.1) is 6.92 Å². The summed E-state index contributed by atoms with van der Waals surface area (Å²) in [6, 6.07) is 0. The molecule has 0 aliphatic rings. The maximum atomic E-state index is 3.46. The minimum Gasteiger partial charge on any atom is -0.0883 e. The molecule has 0 aliphatic heterocycles. The lowest BCUT2D eigenvalue weighted by Crippen LogP contribution is -1.49. The van der Waals surface area contributed by atoms with Crippen LogP contribution < -0.4 is 0 Å². The van der Waals surface area contributed by atoms with E-state index in [1.807, 2.05) is 6.08 Å². The second-order valence-corrected chi connectivity index (χ2v) is 1.27. The highest BCUT2D eigenvalue weighted by Crippen LogP contribution is 1.77. The molecule has 0 aliphatic carbocycles. The highest BCUT2D eigenvalue weighted by Gasteiger charge is 1.54. The standard InChI is InChI=1S/C4H6Br/c1-2-3-4-5/h2-3H,1,4H2. The van der Waals surface area contributed by atoms with Crippen molar-refractivity contribution in [2.45, 2.75) is 0 Å². The summed E-state index contributed by atoms with van der Waals surface area (Å²) in [6.45, 7) is 3.46. The zero-order valence-electron chi connectivity index (χ0n) is 2.95. The van der Waals surface area contributed by atoms with Crippen LogP contribution in [0.25, 0.3) is 0 Å². The minimum absolute atomic E-state index is 0.913. The molecule has 29 valence electrons. The van der Waals surface area contributed by atoms with E-state index in [9.17, 15) is 0 Å². The molecule has 0 saturated heterocycles. The molecular weight excluding hydrogens is 128 g/mol. The van der Waals surface area contributed by atoms with E-state index in [0.717, 1.165) is 5.33 Å². The Bertz CT molecular complexity index is 30.6. The van der Waals surface area contributed by atoms with Crippen molar-refractivity contribution in [1.29, 1.82) is 0 Å². The predicted octanol–water partition coefficient (Wildman–Crippen LogP) is 1.77. The normalized spacial score (nSPS) is 10.0. The van der Waals surface area contributed by atoms with Gasteiger partial charge < -0.3 is 0 Å². The zero-order valence-corrected chi connectivity index (χ0v) is 4.53. The van der Waals surface area contributed by atoms with Gasteiger partial charge in [-0.3, -0.25) is 0 Å². The SMILES string of the molecule is [CH2]C=CCBr. The van der Waals surface area contributed by atoms with Gasteiger partial charge in [0, 0.05) is 5.33 Å². The first-order chi connectivity index (χ1) is 2.41. The maximum absolute atomic E-state index is 3.46. The van der Waals surface area contributed by atoms with Gasteiger partial charge in [-0.05, 0) is 6.92 Å². The largest absolute Gasteiger partial charge is 0.0883 e. The van der Waals surface area contributed by atoms with Crippen LogP contribution in [0.2, 0.25) is 0 Å². The highest BCUT2D eigenvalue weighted by atomic mass is 79.9. The van der Waals surface area contributed by atoms with Crippen molar-refractivity contribution in [2.75, 3.05) is 5.33 Å². The first kappa shape index (κ1) is 5.22. The van der Waals surface area contributed by atoms with Crippen LogP contribution in [0.3, 0.4) is 0 Å². The Morgan fingerprint density at radius 1 is 1.80 bits per heavy atom. The Morgan fingerprint density at radius 3 is 2.40 bits per heavy atom. The Balaban J connectivity index is 2.62. The van der Waals surface area contributed by atoms with Gasteiger partial charge in [-0.15, -0.1) is 0 Å². The second kappa shape index (κ2) is 4.22. The van der Waals surface area contributed by atoms with Crippen molar-refractivity contribution in [3.8, 4) is 0 Å². The fourth-order valence-corrected chi connectivity index (χ4v) is 0.327. The van der Waals surface area contributed by atoms with Gasteiger partial charge in [0.2, 0.25) is 0 Å². The second-order valence-electron chi connectivity index (χ2n) is 0.626. The monoisotopic (exact) mass is 133 g/mol. The number of alkyl halides is 1. The summed E-state index contributed by atoms with van der Waals surface area (Å²) in [7, 11) is 0. The molecule has 0 bridgehead atoms. The summed E-state index contributed by atoms with van der Waals surface area (Å²) >= 11 is 3.18. The minimum atomic E-state index is 0.913. The summed E-state index contributed by atoms with van der Waals surface area (Å²) in [4.78, 5) is 0. The fraction of sp³-hybridized carbons (Fsp3) is 0.250. The van der Waals surface area contributed by atoms with Gasteiger partial charge >= 0.3 is 0 Å². The van der Waals surface area contributed by atoms with Crippen molar-refractivity contribution in [2.24, 2.45) is 0 Å². The van der Waals surface area contributed by atoms with E-state index < -0.39 is 0 Å². The van der Waals surface area contributed by atoms with Crippen LogP contribution in [0.15, 0.2) is 12.2 Å². The lowest BCUT2D eigenvalue weighted by Gasteiger charge is -1.63. The highest BCUT2D eigenvalue weighted by molar-refractivity contribution is 9.09. The lowest BCUT2D eigenvalue weighted by atomic mass is 10.6. The predicted molar refractivity (Wildman–Crippen MR) is 28.3 cm³/mol. The van der Waals surface area contributed by atoms with Crippen LogP contribution in [0.5, 0.6) is 0 Å². The van der Waals surface area contributed by atoms with E-state index in [1.54, 1.807) is 6.08 Å². The van der Waals surface area contributed by atoms with E-state index in [4.69, 9.17) is 0 Å². The van der Waals surface area contributed by atoms with Gasteiger partial charge in [-0.1, -0.05) is 28.1 Å². The van der Waals surface area contributed by atoms with E-state index in [2.05, 4.69) is 22.9 Å². The lowest BCUT2D eigenvalue weighted by molar-refractivity contribution is 1.80. The average molecular weight is 134 g/mol. The molecule has 0 atom stereocenters. The molecule has 0 heterocycles. The van der Waals surface area contributed by atoms with Crippen molar-refractivity contribution in [1.82, 2.24) is 0 Å². The molecule has 0 N–H and O–H groups in total. The number of halogens is 1. The molecule has 0 aromatic heterocycles. The Hall–Kier alpha value is 0.220. The maximum Gasteiger partial charge on any atom is 0.0212 e. The van der Waals surface area contributed by atoms with Crippen LogP contribution in [-0.2, 0) is 0 Å². The van der Waals surface area contributed by atoms with Gasteiger partial charge in [-0.2, -0.15) is 0 Å². The Kier molecular flexibility index (Phi) is 4.41. The molecule has 0 spiro atoms. The molecule has 0 rings (SSSR count). The third-order valence-electron chi connectivity index (χ3n) is 0.256. The summed E-state index contributed by atoms with van der Waals surface area (Å²) in [5, 5.41) is 0.913. The van der Waals surface area contributed by atoms with E-state index in [1.165, 1.54) is 0 Å². The number of allylic oxidation sites excluding steroid dienone is 2. The van der Waals surface area contributed by atoms with Gasteiger partial charge in [0.05, 0.1) is 0 Å². The van der Waals surface area contributed by atoms with E-state index >= 15 is 0 Å². The van der Waals surface area contributed by atoms with Crippen molar-refractivity contribution < 1.29 is 0 Å². The molecule has 0 fully saturated rings. The Morgan fingerprint density at radius 2 is 2.40 bits per heavy atom. The molecule has 0 aromatic carbocycles. The summed E-state index contributed by atoms with van der Waals surface area (Å²) in [5.74, 6) is 0. The smallest absolute Gasteiger partial charge is 0.0212 e. The summed E-state index contributed by atoms with van der Waals surface area (Å²) in [5.41, 5.74) is 0. The van der Waals surface area contributed by atoms with Gasteiger partial charge in [0.1, 0.15) is 0 Å². The molecule has 5 heavy (non-hydrogen) atoms. The van der Waals surface area contributed by atoms with Crippen LogP contribution in [-0.4, -0.2) is 5.33 Å². The van der Waals surface area contributed by atoms with Crippen molar-refractivity contribution >= 4 is 15.9 Å². The van der Waals surface area contributed by atoms with Gasteiger partial charge in [0.25, 0.3) is 0 Å². The van der Waals surface area contributed by atoms with Crippen LogP contribution in [0.1, 0.15) is 0 Å². The molecular formula is C4H6Br. The topological polar surface area (TPSA) is 0 Å². The number of rotatable bonds is 1. The molecule has 0 aromatic rings. The van der Waals surface area contributed by atoms with Gasteiger partial charge in [0.15, 0.2) is 0 Å². The molecule has 1 radical (unpaired) electrons. The number of hydrogen-bond acceptors (Lipinski definition) is 0. The number of hydrogen-bond donors (Lipinski definition) is 0. The summed E-state index contributed by atoms with van der Waals surface area (Å²) in [6.07, 6.45) is 3.69. The molecule has 0 amide bonds. The first-order valence-electron chi connectivity index (χ1n) is 1.42. The fourth-order valence-electron chi connectivity index (χ4n) is 0.0630. The molecule has 0 saturated carbocycles. The van der Waals surface area contributed by atoms with Gasteiger partial charge in [-0.25, -0.2) is 0 Å². The van der Waals surface area contributed by atoms with E-state index in [0.29, 0.717) is 0 Å². The first-order valence-corrected chi connectivity index (χ1v) is 2.54. The van der Waals surface area contributed by atoms with Crippen LogP contribution in [0.4, 0.5) is 0 Å². The Labute approximate surface area is 41.0 Å². The molecule has 0 nitrogen and oxygen atoms in total. The zero-order chi connectivity index (χ0) is 4.12. The average Bonchev–Trinajstić information content (AvgIpc) is 1.41. The summed E-state index contributed by atoms with van der Waals surface area (Å²) < 4.78 is 0. The third-order valence-corrected chi connectivity index (χ3v) is 0.630. The third kappa shape index (κ3) is 4.22. The van der Waals surface area contributed by atoms with Crippen molar-refractivity contribution in [3.05, 3.63) is 19.1 Å². The van der Waals surface area contributed by atoms with Crippen molar-refractivity contribution in [3.63, 3.8) is 0 Å².